The van der Waals surface area contributed by atoms with Crippen LogP contribution < -0.4 is 4.74 Å². The van der Waals surface area contributed by atoms with E-state index in [1.54, 1.807) is 29.2 Å². The number of methoxy groups -OCH3 is 1. The Labute approximate surface area is 119 Å². The smallest absolute Gasteiger partial charge is 0.257 e. The van der Waals surface area contributed by atoms with Crippen molar-refractivity contribution in [2.45, 2.75) is 0 Å². The molecule has 0 unspecified atom stereocenters. The van der Waals surface area contributed by atoms with Crippen LogP contribution in [-0.2, 0) is 10.0 Å². The first-order valence-corrected chi connectivity index (χ1v) is 8.15. The number of ether oxygens (including phenoxy) is 1. The molecule has 1 amide bonds. The van der Waals surface area contributed by atoms with Crippen LogP contribution in [0.25, 0.3) is 0 Å². The van der Waals surface area contributed by atoms with Gasteiger partial charge in [-0.15, -0.1) is 0 Å². The normalized spacial score (nSPS) is 17.0. The maximum atomic E-state index is 12.4. The highest BCUT2D eigenvalue weighted by Crippen LogP contribution is 2.20. The fraction of sp³-hybridized carbons (Fsp3) is 0.462. The van der Waals surface area contributed by atoms with Gasteiger partial charge in [0.25, 0.3) is 5.91 Å². The average Bonchev–Trinajstić information content (AvgIpc) is 2.45. The van der Waals surface area contributed by atoms with Crippen LogP contribution >= 0.6 is 0 Å². The number of rotatable bonds is 3. The first kappa shape index (κ1) is 14.8. The second kappa shape index (κ2) is 5.80. The molecule has 1 fully saturated rings. The monoisotopic (exact) mass is 298 g/mol. The van der Waals surface area contributed by atoms with Gasteiger partial charge in [-0.3, -0.25) is 4.79 Å². The quantitative estimate of drug-likeness (QED) is 0.811. The molecular weight excluding hydrogens is 280 g/mol. The highest BCUT2D eigenvalue weighted by atomic mass is 32.2. The van der Waals surface area contributed by atoms with Gasteiger partial charge in [-0.2, -0.15) is 4.31 Å². The lowest BCUT2D eigenvalue weighted by molar-refractivity contribution is 0.0695. The largest absolute Gasteiger partial charge is 0.496 e. The minimum absolute atomic E-state index is 0.129. The number of benzene rings is 1. The third-order valence-corrected chi connectivity index (χ3v) is 4.64. The predicted molar refractivity (Wildman–Crippen MR) is 75.3 cm³/mol. The number of carbonyl (C=O) groups is 1. The molecule has 1 aromatic rings. The molecule has 1 heterocycles. The maximum absolute atomic E-state index is 12.4. The summed E-state index contributed by atoms with van der Waals surface area (Å²) in [5.41, 5.74) is 0.503. The molecule has 0 N–H and O–H groups in total. The van der Waals surface area contributed by atoms with Gasteiger partial charge in [0.2, 0.25) is 10.0 Å². The number of piperazine rings is 1. The van der Waals surface area contributed by atoms with Crippen molar-refractivity contribution in [3.8, 4) is 5.75 Å². The zero-order valence-corrected chi connectivity index (χ0v) is 12.4. The minimum atomic E-state index is -3.18. The van der Waals surface area contributed by atoms with E-state index in [0.717, 1.165) is 0 Å². The van der Waals surface area contributed by atoms with Crippen LogP contribution in [-0.4, -0.2) is 63.1 Å². The van der Waals surface area contributed by atoms with Crippen molar-refractivity contribution in [2.75, 3.05) is 39.5 Å². The summed E-state index contributed by atoms with van der Waals surface area (Å²) >= 11 is 0. The van der Waals surface area contributed by atoms with Crippen molar-refractivity contribution in [1.29, 1.82) is 0 Å². The molecule has 0 aromatic heterocycles. The number of nitrogens with zero attached hydrogens (tertiary/aromatic N) is 2. The molecule has 20 heavy (non-hydrogen) atoms. The zero-order valence-electron chi connectivity index (χ0n) is 11.6. The van der Waals surface area contributed by atoms with E-state index in [1.807, 2.05) is 0 Å². The van der Waals surface area contributed by atoms with Crippen LogP contribution in [0.2, 0.25) is 0 Å². The van der Waals surface area contributed by atoms with Gasteiger partial charge in [-0.05, 0) is 12.1 Å². The lowest BCUT2D eigenvalue weighted by atomic mass is 10.1. The van der Waals surface area contributed by atoms with Gasteiger partial charge in [0.05, 0.1) is 18.9 Å². The summed E-state index contributed by atoms with van der Waals surface area (Å²) in [7, 11) is -1.66. The Bertz CT molecular complexity index is 592. The van der Waals surface area contributed by atoms with Gasteiger partial charge < -0.3 is 9.64 Å². The summed E-state index contributed by atoms with van der Waals surface area (Å²) in [6.45, 7) is 1.45. The lowest BCUT2D eigenvalue weighted by Gasteiger charge is -2.33. The van der Waals surface area contributed by atoms with E-state index in [-0.39, 0.29) is 5.91 Å². The summed E-state index contributed by atoms with van der Waals surface area (Å²) < 4.78 is 29.4. The number of hydrogen-bond donors (Lipinski definition) is 0. The van der Waals surface area contributed by atoms with Gasteiger partial charge in [-0.25, -0.2) is 8.42 Å². The first-order chi connectivity index (χ1) is 9.43. The molecule has 110 valence electrons. The molecule has 0 atom stereocenters. The van der Waals surface area contributed by atoms with Crippen LogP contribution in [0.3, 0.4) is 0 Å². The molecule has 7 heteroatoms. The number of para-hydroxylation sites is 1. The molecule has 0 saturated carbocycles. The SMILES string of the molecule is COc1ccccc1C(=O)N1CCN(S(C)(=O)=O)CC1. The third-order valence-electron chi connectivity index (χ3n) is 3.33. The molecule has 0 bridgehead atoms. The van der Waals surface area contributed by atoms with Crippen LogP contribution in [0.15, 0.2) is 24.3 Å². The summed E-state index contributed by atoms with van der Waals surface area (Å²) in [5.74, 6) is 0.402. The molecule has 1 aromatic carbocycles. The average molecular weight is 298 g/mol. The van der Waals surface area contributed by atoms with Crippen molar-refractivity contribution in [2.24, 2.45) is 0 Å². The molecule has 0 radical (unpaired) electrons. The third kappa shape index (κ3) is 3.10. The van der Waals surface area contributed by atoms with Crippen molar-refractivity contribution in [3.63, 3.8) is 0 Å². The van der Waals surface area contributed by atoms with Crippen molar-refractivity contribution >= 4 is 15.9 Å². The Kier molecular flexibility index (Phi) is 4.29. The van der Waals surface area contributed by atoms with E-state index >= 15 is 0 Å². The summed E-state index contributed by atoms with van der Waals surface area (Å²) in [5, 5.41) is 0. The molecule has 1 aliphatic rings. The van der Waals surface area contributed by atoms with Gasteiger partial charge >= 0.3 is 0 Å². The molecular formula is C13H18N2O4S. The van der Waals surface area contributed by atoms with Crippen LogP contribution in [0, 0.1) is 0 Å². The molecule has 6 nitrogen and oxygen atoms in total. The molecule has 1 saturated heterocycles. The van der Waals surface area contributed by atoms with Gasteiger partial charge in [0.15, 0.2) is 0 Å². The van der Waals surface area contributed by atoms with Crippen molar-refractivity contribution in [3.05, 3.63) is 29.8 Å². The topological polar surface area (TPSA) is 66.9 Å². The minimum Gasteiger partial charge on any atom is -0.496 e. The Morgan fingerprint density at radius 1 is 1.15 bits per heavy atom. The highest BCUT2D eigenvalue weighted by Gasteiger charge is 2.27. The fourth-order valence-corrected chi connectivity index (χ4v) is 3.04. The van der Waals surface area contributed by atoms with Crippen LogP contribution in [0.5, 0.6) is 5.75 Å². The summed E-state index contributed by atoms with van der Waals surface area (Å²) in [6.07, 6.45) is 1.19. The summed E-state index contributed by atoms with van der Waals surface area (Å²) in [6, 6.07) is 7.03. The second-order valence-corrected chi connectivity index (χ2v) is 6.64. The number of carbonyl (C=O) groups excluding carboxylic acids is 1. The van der Waals surface area contributed by atoms with Gasteiger partial charge in [0, 0.05) is 26.2 Å². The second-order valence-electron chi connectivity index (χ2n) is 4.65. The molecule has 1 aliphatic heterocycles. The Hall–Kier alpha value is -1.60. The van der Waals surface area contributed by atoms with E-state index < -0.39 is 10.0 Å². The first-order valence-electron chi connectivity index (χ1n) is 6.31. The standard InChI is InChI=1S/C13H18N2O4S/c1-19-12-6-4-3-5-11(12)13(16)14-7-9-15(10-8-14)20(2,17)18/h3-6H,7-10H2,1-2H3. The highest BCUT2D eigenvalue weighted by molar-refractivity contribution is 7.88. The fourth-order valence-electron chi connectivity index (χ4n) is 2.21. The number of hydrogen-bond acceptors (Lipinski definition) is 4. The summed E-state index contributed by atoms with van der Waals surface area (Å²) in [4.78, 5) is 14.1. The van der Waals surface area contributed by atoms with E-state index in [4.69, 9.17) is 4.74 Å². The van der Waals surface area contributed by atoms with Crippen LogP contribution in [0.1, 0.15) is 10.4 Å². The van der Waals surface area contributed by atoms with Crippen molar-refractivity contribution < 1.29 is 17.9 Å². The van der Waals surface area contributed by atoms with Crippen LogP contribution in [0.4, 0.5) is 0 Å². The molecule has 0 aliphatic carbocycles. The lowest BCUT2D eigenvalue weighted by Crippen LogP contribution is -2.50. The van der Waals surface area contributed by atoms with E-state index in [9.17, 15) is 13.2 Å². The predicted octanol–water partition coefficient (Wildman–Crippen LogP) is 0.413. The zero-order chi connectivity index (χ0) is 14.8. The Morgan fingerprint density at radius 2 is 1.75 bits per heavy atom. The number of sulfonamides is 1. The van der Waals surface area contributed by atoms with E-state index in [1.165, 1.54) is 17.7 Å². The molecule has 2 rings (SSSR count). The maximum Gasteiger partial charge on any atom is 0.257 e. The van der Waals surface area contributed by atoms with Crippen molar-refractivity contribution in [1.82, 2.24) is 9.21 Å². The van der Waals surface area contributed by atoms with E-state index in [0.29, 0.717) is 37.5 Å². The van der Waals surface area contributed by atoms with Gasteiger partial charge in [0.1, 0.15) is 5.75 Å². The molecule has 0 spiro atoms. The number of amides is 1. The Morgan fingerprint density at radius 3 is 2.30 bits per heavy atom. The van der Waals surface area contributed by atoms with E-state index in [2.05, 4.69) is 0 Å². The Balaban J connectivity index is 2.09. The van der Waals surface area contributed by atoms with Gasteiger partial charge in [-0.1, -0.05) is 12.1 Å².